The van der Waals surface area contributed by atoms with E-state index in [0.29, 0.717) is 27.9 Å². The van der Waals surface area contributed by atoms with Crippen molar-refractivity contribution >= 4 is 22.8 Å². The zero-order valence-electron chi connectivity index (χ0n) is 24.4. The van der Waals surface area contributed by atoms with Gasteiger partial charge in [0.05, 0.1) is 27.9 Å². The number of nitrogens with one attached hydrogen (secondary N) is 2. The third kappa shape index (κ3) is 5.36. The summed E-state index contributed by atoms with van der Waals surface area (Å²) in [6, 6.07) is 7.74. The van der Waals surface area contributed by atoms with E-state index in [1.807, 2.05) is 49.8 Å². The number of pyridine rings is 3. The average molecular weight is 543 g/mol. The topological polar surface area (TPSA) is 112 Å². The Balaban J connectivity index is 1.54. The maximum absolute atomic E-state index is 13.7. The van der Waals surface area contributed by atoms with Crippen molar-refractivity contribution in [3.05, 3.63) is 68.9 Å². The van der Waals surface area contributed by atoms with Gasteiger partial charge in [0.15, 0.2) is 5.65 Å². The van der Waals surface area contributed by atoms with Gasteiger partial charge in [-0.2, -0.15) is 5.10 Å². The normalized spacial score (nSPS) is 14.6. The zero-order valence-corrected chi connectivity index (χ0v) is 24.4. The summed E-state index contributed by atoms with van der Waals surface area (Å²) < 4.78 is 1.87. The predicted molar refractivity (Wildman–Crippen MR) is 158 cm³/mol. The fourth-order valence-corrected chi connectivity index (χ4v) is 5.21. The molecule has 210 valence electrons. The van der Waals surface area contributed by atoms with E-state index in [1.54, 1.807) is 6.07 Å². The lowest BCUT2D eigenvalue weighted by molar-refractivity contribution is 0.0952. The van der Waals surface area contributed by atoms with Crippen LogP contribution in [0.5, 0.6) is 0 Å². The number of amides is 1. The van der Waals surface area contributed by atoms with E-state index in [0.717, 1.165) is 54.5 Å². The Morgan fingerprint density at radius 2 is 1.80 bits per heavy atom. The molecule has 10 heteroatoms. The number of hydrogen-bond donors (Lipinski definition) is 2. The molecular weight excluding hydrogens is 504 g/mol. The molecule has 0 bridgehead atoms. The molecule has 1 aliphatic heterocycles. The highest BCUT2D eigenvalue weighted by molar-refractivity contribution is 6.07. The number of carbonyl (C=O) groups is 1. The van der Waals surface area contributed by atoms with E-state index in [2.05, 4.69) is 47.9 Å². The Bertz CT molecular complexity index is 1620. The Hall–Kier alpha value is -4.05. The summed E-state index contributed by atoms with van der Waals surface area (Å²) in [5, 5.41) is 8.44. The Morgan fingerprint density at radius 3 is 2.42 bits per heavy atom. The highest BCUT2D eigenvalue weighted by Gasteiger charge is 2.25. The Morgan fingerprint density at radius 1 is 1.07 bits per heavy atom. The molecule has 1 fully saturated rings. The van der Waals surface area contributed by atoms with Crippen molar-refractivity contribution in [1.29, 1.82) is 0 Å². The molecule has 0 aliphatic carbocycles. The number of rotatable bonds is 5. The van der Waals surface area contributed by atoms with Gasteiger partial charge in [-0.3, -0.25) is 9.59 Å². The standard InChI is InChI=1S/C30H38N8O2/c1-18-14-19(2)33-29(40)23(18)17-32-28(39)22-15-24(34-27-26(22)20(3)35-38(27)30(4,5)6)21-8-9-25(31-16-21)37-12-10-36(7)11-13-37/h8-9,14-16H,10-13,17H2,1-7H3,(H,32,39)(H,33,40). The highest BCUT2D eigenvalue weighted by atomic mass is 16.1. The van der Waals surface area contributed by atoms with Gasteiger partial charge in [-0.1, -0.05) is 0 Å². The molecular formula is C30H38N8O2. The van der Waals surface area contributed by atoms with Crippen LogP contribution in [0.1, 0.15) is 53.6 Å². The number of aromatic amines is 1. The molecule has 0 saturated carbocycles. The average Bonchev–Trinajstić information content (AvgIpc) is 3.25. The maximum atomic E-state index is 13.7. The lowest BCUT2D eigenvalue weighted by atomic mass is 10.0. The first-order chi connectivity index (χ1) is 18.9. The zero-order chi connectivity index (χ0) is 28.8. The van der Waals surface area contributed by atoms with Gasteiger partial charge >= 0.3 is 0 Å². The molecule has 1 aliphatic rings. The number of aromatic nitrogens is 5. The van der Waals surface area contributed by atoms with Gasteiger partial charge in [-0.25, -0.2) is 14.6 Å². The van der Waals surface area contributed by atoms with Gasteiger partial charge in [0.1, 0.15) is 5.82 Å². The van der Waals surface area contributed by atoms with Crippen molar-refractivity contribution < 1.29 is 4.79 Å². The molecule has 5 rings (SSSR count). The van der Waals surface area contributed by atoms with Crippen LogP contribution in [0.15, 0.2) is 35.3 Å². The van der Waals surface area contributed by atoms with E-state index in [1.165, 1.54) is 0 Å². The van der Waals surface area contributed by atoms with Crippen molar-refractivity contribution in [3.63, 3.8) is 0 Å². The van der Waals surface area contributed by atoms with E-state index in [4.69, 9.17) is 15.1 Å². The fraction of sp³-hybridized carbons (Fsp3) is 0.433. The number of aryl methyl sites for hydroxylation is 3. The molecule has 0 radical (unpaired) electrons. The fourth-order valence-electron chi connectivity index (χ4n) is 5.21. The molecule has 1 amide bonds. The largest absolute Gasteiger partial charge is 0.354 e. The van der Waals surface area contributed by atoms with Crippen molar-refractivity contribution in [2.75, 3.05) is 38.1 Å². The summed E-state index contributed by atoms with van der Waals surface area (Å²) in [5.74, 6) is 0.650. The van der Waals surface area contributed by atoms with Crippen molar-refractivity contribution in [3.8, 4) is 11.3 Å². The van der Waals surface area contributed by atoms with Gasteiger partial charge < -0.3 is 20.1 Å². The number of fused-ring (bicyclic) bond motifs is 1. The minimum atomic E-state index is -0.346. The summed E-state index contributed by atoms with van der Waals surface area (Å²) in [5.41, 5.74) is 4.92. The number of nitrogens with zero attached hydrogens (tertiary/aromatic N) is 6. The minimum Gasteiger partial charge on any atom is -0.354 e. The molecule has 0 atom stereocenters. The van der Waals surface area contributed by atoms with Gasteiger partial charge in [0.2, 0.25) is 0 Å². The number of carbonyl (C=O) groups excluding carboxylic acids is 1. The van der Waals surface area contributed by atoms with Crippen LogP contribution in [0, 0.1) is 20.8 Å². The van der Waals surface area contributed by atoms with Gasteiger partial charge in [-0.15, -0.1) is 0 Å². The summed E-state index contributed by atoms with van der Waals surface area (Å²) in [6.45, 7) is 15.8. The molecule has 5 heterocycles. The van der Waals surface area contributed by atoms with Crippen LogP contribution in [0.4, 0.5) is 5.82 Å². The molecule has 4 aromatic heterocycles. The second-order valence-electron chi connectivity index (χ2n) is 11.7. The third-order valence-corrected chi connectivity index (χ3v) is 7.48. The van der Waals surface area contributed by atoms with Crippen molar-refractivity contribution in [1.82, 2.24) is 34.9 Å². The quantitative estimate of drug-likeness (QED) is 0.397. The van der Waals surface area contributed by atoms with Gasteiger partial charge in [-0.05, 0) is 78.4 Å². The van der Waals surface area contributed by atoms with Crippen LogP contribution in [-0.2, 0) is 12.1 Å². The van der Waals surface area contributed by atoms with Crippen molar-refractivity contribution in [2.45, 2.75) is 53.6 Å². The second kappa shape index (κ2) is 10.5. The van der Waals surface area contributed by atoms with Crippen LogP contribution in [0.25, 0.3) is 22.3 Å². The lowest BCUT2D eigenvalue weighted by Gasteiger charge is -2.33. The second-order valence-corrected chi connectivity index (χ2v) is 11.7. The number of hydrogen-bond acceptors (Lipinski definition) is 7. The summed E-state index contributed by atoms with van der Waals surface area (Å²) in [7, 11) is 2.13. The highest BCUT2D eigenvalue weighted by Crippen LogP contribution is 2.30. The smallest absolute Gasteiger partial charge is 0.253 e. The maximum Gasteiger partial charge on any atom is 0.253 e. The van der Waals surface area contributed by atoms with Crippen LogP contribution < -0.4 is 15.8 Å². The molecule has 1 saturated heterocycles. The first-order valence-electron chi connectivity index (χ1n) is 13.7. The number of anilines is 1. The minimum absolute atomic E-state index is 0.118. The first-order valence-corrected chi connectivity index (χ1v) is 13.7. The van der Waals surface area contributed by atoms with Crippen LogP contribution >= 0.6 is 0 Å². The molecule has 0 aromatic carbocycles. The number of likely N-dealkylation sites (N-methyl/N-ethyl adjacent to an activating group) is 1. The van der Waals surface area contributed by atoms with E-state index < -0.39 is 0 Å². The molecule has 0 spiro atoms. The Labute approximate surface area is 234 Å². The molecule has 10 nitrogen and oxygen atoms in total. The molecule has 40 heavy (non-hydrogen) atoms. The van der Waals surface area contributed by atoms with E-state index >= 15 is 0 Å². The van der Waals surface area contributed by atoms with Gasteiger partial charge in [0.25, 0.3) is 11.5 Å². The predicted octanol–water partition coefficient (Wildman–Crippen LogP) is 3.54. The van der Waals surface area contributed by atoms with Crippen LogP contribution in [0.2, 0.25) is 0 Å². The third-order valence-electron chi connectivity index (χ3n) is 7.48. The molecule has 4 aromatic rings. The van der Waals surface area contributed by atoms with Crippen molar-refractivity contribution in [2.24, 2.45) is 0 Å². The monoisotopic (exact) mass is 542 g/mol. The van der Waals surface area contributed by atoms with Crippen LogP contribution in [0.3, 0.4) is 0 Å². The number of H-pyrrole nitrogens is 1. The lowest BCUT2D eigenvalue weighted by Crippen LogP contribution is -2.44. The van der Waals surface area contributed by atoms with E-state index in [-0.39, 0.29) is 23.6 Å². The molecule has 2 N–H and O–H groups in total. The van der Waals surface area contributed by atoms with Crippen LogP contribution in [-0.4, -0.2) is 68.8 Å². The van der Waals surface area contributed by atoms with E-state index in [9.17, 15) is 9.59 Å². The van der Waals surface area contributed by atoms with Gasteiger partial charge in [0, 0.05) is 55.7 Å². The Kier molecular flexibility index (Phi) is 7.22. The number of piperazine rings is 1. The SMILES string of the molecule is Cc1cc(C)c(CNC(=O)c2cc(-c3ccc(N4CCN(C)CC4)nc3)nc3c2c(C)nn3C(C)(C)C)c(=O)[nH]1. The first kappa shape index (κ1) is 27.5. The summed E-state index contributed by atoms with van der Waals surface area (Å²) in [4.78, 5) is 43.4. The summed E-state index contributed by atoms with van der Waals surface area (Å²) in [6.07, 6.45) is 1.82. The summed E-state index contributed by atoms with van der Waals surface area (Å²) >= 11 is 0. The molecule has 0 unspecified atom stereocenters.